The summed E-state index contributed by atoms with van der Waals surface area (Å²) in [6, 6.07) is -0.332. The topological polar surface area (TPSA) is 175 Å². The Kier molecular flexibility index (Phi) is 5.19. The van der Waals surface area contributed by atoms with Crippen LogP contribution in [-0.2, 0) is 25.2 Å². The summed E-state index contributed by atoms with van der Waals surface area (Å²) in [5.74, 6) is -0.0817. The van der Waals surface area contributed by atoms with Crippen LogP contribution in [0.5, 0.6) is 0 Å². The van der Waals surface area contributed by atoms with E-state index in [4.69, 9.17) is 24.8 Å². The Bertz CT molecular complexity index is 899. The number of hydrogen-bond acceptors (Lipinski definition) is 8. The molecule has 27 heavy (non-hydrogen) atoms. The number of rotatable bonds is 8. The van der Waals surface area contributed by atoms with E-state index >= 15 is 0 Å². The third-order valence-electron chi connectivity index (χ3n) is 4.71. The summed E-state index contributed by atoms with van der Waals surface area (Å²) in [5, 5.41) is 2.84. The summed E-state index contributed by atoms with van der Waals surface area (Å²) in [7, 11) is -3.17. The van der Waals surface area contributed by atoms with Gasteiger partial charge in [-0.3, -0.25) is 9.32 Å². The minimum absolute atomic E-state index is 0.0414. The fraction of sp³-hybridized carbons (Fsp3) is 0.571. The second-order valence-corrected chi connectivity index (χ2v) is 7.72. The molecular weight excluding hydrogens is 379 g/mol. The summed E-state index contributed by atoms with van der Waals surface area (Å²) in [4.78, 5) is 42.5. The molecule has 0 saturated heterocycles. The standard InChI is InChI=1S/C14H21N6O6P/c1-8(26-27(22,23)24)14(5-25-2)3-9(14)19-10(21)4-20-7-18-11-12(15)16-6-17-13(11)20/h6-9H,3-5H2,1-2H3,(H,19,21)(H2,15,16,17)(H2,22,23,24)/t8-,9?,14+/m1/s1. The van der Waals surface area contributed by atoms with Gasteiger partial charge >= 0.3 is 7.82 Å². The lowest BCUT2D eigenvalue weighted by molar-refractivity contribution is -0.122. The highest BCUT2D eigenvalue weighted by Crippen LogP contribution is 2.54. The zero-order chi connectivity index (χ0) is 19.8. The molecule has 0 aliphatic heterocycles. The van der Waals surface area contributed by atoms with E-state index in [0.29, 0.717) is 17.6 Å². The number of methoxy groups -OCH3 is 1. The van der Waals surface area contributed by atoms with Crippen molar-refractivity contribution in [3.05, 3.63) is 12.7 Å². The van der Waals surface area contributed by atoms with Crippen molar-refractivity contribution in [3.8, 4) is 0 Å². The zero-order valence-corrected chi connectivity index (χ0v) is 15.7. The van der Waals surface area contributed by atoms with Crippen molar-refractivity contribution in [1.82, 2.24) is 24.8 Å². The van der Waals surface area contributed by atoms with Gasteiger partial charge in [-0.15, -0.1) is 0 Å². The molecule has 12 nitrogen and oxygen atoms in total. The Labute approximate surface area is 154 Å². The van der Waals surface area contributed by atoms with Crippen molar-refractivity contribution in [3.63, 3.8) is 0 Å². The van der Waals surface area contributed by atoms with Gasteiger partial charge in [-0.25, -0.2) is 19.5 Å². The molecule has 1 aliphatic rings. The number of nitrogens with zero attached hydrogens (tertiary/aromatic N) is 4. The van der Waals surface area contributed by atoms with Crippen LogP contribution in [0.3, 0.4) is 0 Å². The Morgan fingerprint density at radius 1 is 1.52 bits per heavy atom. The second-order valence-electron chi connectivity index (χ2n) is 6.53. The van der Waals surface area contributed by atoms with E-state index in [1.165, 1.54) is 19.8 Å². The number of carbonyl (C=O) groups is 1. The van der Waals surface area contributed by atoms with Crippen LogP contribution in [-0.4, -0.2) is 61.1 Å². The van der Waals surface area contributed by atoms with E-state index in [9.17, 15) is 9.36 Å². The highest BCUT2D eigenvalue weighted by atomic mass is 31.2. The third-order valence-corrected chi connectivity index (χ3v) is 5.31. The zero-order valence-electron chi connectivity index (χ0n) is 14.8. The van der Waals surface area contributed by atoms with Crippen LogP contribution in [0.4, 0.5) is 5.82 Å². The first kappa shape index (κ1) is 19.6. The van der Waals surface area contributed by atoms with Crippen molar-refractivity contribution in [1.29, 1.82) is 0 Å². The van der Waals surface area contributed by atoms with E-state index < -0.39 is 19.3 Å². The van der Waals surface area contributed by atoms with Crippen LogP contribution in [0.15, 0.2) is 12.7 Å². The van der Waals surface area contributed by atoms with Gasteiger partial charge in [0, 0.05) is 18.6 Å². The molecule has 1 aliphatic carbocycles. The Morgan fingerprint density at radius 3 is 2.93 bits per heavy atom. The molecule has 3 rings (SSSR count). The summed E-state index contributed by atoms with van der Waals surface area (Å²) < 4.78 is 22.6. The van der Waals surface area contributed by atoms with Crippen molar-refractivity contribution >= 4 is 30.7 Å². The van der Waals surface area contributed by atoms with Gasteiger partial charge in [0.2, 0.25) is 5.91 Å². The van der Waals surface area contributed by atoms with E-state index in [1.807, 2.05) is 0 Å². The smallest absolute Gasteiger partial charge is 0.384 e. The largest absolute Gasteiger partial charge is 0.469 e. The van der Waals surface area contributed by atoms with Gasteiger partial charge in [-0.1, -0.05) is 0 Å². The summed E-state index contributed by atoms with van der Waals surface area (Å²) in [6.45, 7) is 1.70. The molecule has 3 atom stereocenters. The normalized spacial score (nSPS) is 23.3. The number of carbonyl (C=O) groups excluding carboxylic acids is 1. The molecule has 0 spiro atoms. The van der Waals surface area contributed by atoms with E-state index in [0.717, 1.165) is 0 Å². The van der Waals surface area contributed by atoms with E-state index in [1.54, 1.807) is 11.5 Å². The molecule has 5 N–H and O–H groups in total. The first-order valence-corrected chi connectivity index (χ1v) is 9.63. The highest BCUT2D eigenvalue weighted by Gasteiger charge is 2.60. The lowest BCUT2D eigenvalue weighted by atomic mass is 10.0. The number of nitrogen functional groups attached to an aromatic ring is 1. The van der Waals surface area contributed by atoms with Crippen LogP contribution in [0, 0.1) is 5.41 Å². The number of fused-ring (bicyclic) bond motifs is 1. The third kappa shape index (κ3) is 4.09. The average molecular weight is 400 g/mol. The maximum absolute atomic E-state index is 12.4. The number of nitrogens with two attached hydrogens (primary N) is 1. The van der Waals surface area contributed by atoms with Gasteiger partial charge in [0.15, 0.2) is 11.5 Å². The number of aromatic nitrogens is 4. The Balaban J connectivity index is 1.67. The number of phosphoric ester groups is 1. The molecule has 13 heteroatoms. The van der Waals surface area contributed by atoms with Crippen molar-refractivity contribution in [2.24, 2.45) is 5.41 Å². The lowest BCUT2D eigenvalue weighted by Gasteiger charge is -2.24. The van der Waals surface area contributed by atoms with Crippen LogP contribution in [0.25, 0.3) is 11.2 Å². The monoisotopic (exact) mass is 400 g/mol. The van der Waals surface area contributed by atoms with Gasteiger partial charge in [0.05, 0.1) is 19.0 Å². The minimum atomic E-state index is -4.65. The minimum Gasteiger partial charge on any atom is -0.384 e. The Morgan fingerprint density at radius 2 is 2.26 bits per heavy atom. The predicted molar refractivity (Wildman–Crippen MR) is 93.2 cm³/mol. The predicted octanol–water partition coefficient (Wildman–Crippen LogP) is -0.572. The maximum atomic E-state index is 12.4. The molecule has 1 fully saturated rings. The highest BCUT2D eigenvalue weighted by molar-refractivity contribution is 7.46. The van der Waals surface area contributed by atoms with Gasteiger partial charge in [0.25, 0.3) is 0 Å². The molecule has 0 radical (unpaired) electrons. The molecule has 1 unspecified atom stereocenters. The van der Waals surface area contributed by atoms with Crippen LogP contribution in [0.2, 0.25) is 0 Å². The molecule has 1 amide bonds. The van der Waals surface area contributed by atoms with Crippen molar-refractivity contribution in [2.45, 2.75) is 32.0 Å². The maximum Gasteiger partial charge on any atom is 0.469 e. The summed E-state index contributed by atoms with van der Waals surface area (Å²) in [6.07, 6.45) is 2.42. The number of ether oxygens (including phenoxy) is 1. The fourth-order valence-electron chi connectivity index (χ4n) is 3.23. The second kappa shape index (κ2) is 7.13. The van der Waals surface area contributed by atoms with Crippen molar-refractivity contribution in [2.75, 3.05) is 19.5 Å². The molecule has 148 valence electrons. The molecule has 2 aromatic heterocycles. The molecule has 0 bridgehead atoms. The summed E-state index contributed by atoms with van der Waals surface area (Å²) in [5.41, 5.74) is 5.88. The fourth-order valence-corrected chi connectivity index (χ4v) is 3.85. The number of imidazole rings is 1. The van der Waals surface area contributed by atoms with Gasteiger partial charge in [-0.05, 0) is 13.3 Å². The number of anilines is 1. The molecule has 2 aromatic rings. The lowest BCUT2D eigenvalue weighted by Crippen LogP contribution is -2.38. The van der Waals surface area contributed by atoms with Gasteiger partial charge in [-0.2, -0.15) is 0 Å². The SMILES string of the molecule is COC[C@]1([C@@H](C)OP(=O)(O)O)CC1NC(=O)Cn1cnc2c(N)ncnc21. The molecular formula is C14H21N6O6P. The quantitative estimate of drug-likeness (QED) is 0.420. The summed E-state index contributed by atoms with van der Waals surface area (Å²) >= 11 is 0. The van der Waals surface area contributed by atoms with Gasteiger partial charge in [0.1, 0.15) is 18.4 Å². The van der Waals surface area contributed by atoms with Crippen molar-refractivity contribution < 1.29 is 28.4 Å². The Hall–Kier alpha value is -2.11. The first-order valence-electron chi connectivity index (χ1n) is 8.10. The van der Waals surface area contributed by atoms with E-state index in [-0.39, 0.29) is 30.9 Å². The van der Waals surface area contributed by atoms with E-state index in [2.05, 4.69) is 20.3 Å². The average Bonchev–Trinajstić information content (AvgIpc) is 3.08. The molecule has 2 heterocycles. The number of nitrogens with one attached hydrogen (secondary N) is 1. The molecule has 1 saturated carbocycles. The van der Waals surface area contributed by atoms with Crippen LogP contribution < -0.4 is 11.1 Å². The van der Waals surface area contributed by atoms with Crippen LogP contribution >= 0.6 is 7.82 Å². The first-order chi connectivity index (χ1) is 12.7. The van der Waals surface area contributed by atoms with Crippen LogP contribution in [0.1, 0.15) is 13.3 Å². The number of amides is 1. The number of hydrogen-bond donors (Lipinski definition) is 4. The van der Waals surface area contributed by atoms with Gasteiger partial charge < -0.3 is 30.1 Å². The number of phosphoric acid groups is 1. The molecule has 0 aromatic carbocycles.